The maximum Gasteiger partial charge on any atom is 0.113 e. The first-order chi connectivity index (χ1) is 29.0. The van der Waals surface area contributed by atoms with E-state index in [-0.39, 0.29) is 0 Å². The predicted molar refractivity (Wildman–Crippen MR) is 251 cm³/mol. The third-order valence-corrected chi connectivity index (χ3v) is 16.5. The summed E-state index contributed by atoms with van der Waals surface area (Å²) in [6.07, 6.45) is 0. The smallest absolute Gasteiger partial charge is 0.113 e. The molecule has 2 aliphatic rings. The van der Waals surface area contributed by atoms with Gasteiger partial charge in [0.05, 0.1) is 16.8 Å². The second-order valence-electron chi connectivity index (χ2n) is 16.4. The van der Waals surface area contributed by atoms with Crippen LogP contribution in [0, 0.1) is 0 Å². The van der Waals surface area contributed by atoms with Crippen LogP contribution in [0.2, 0.25) is 13.1 Å². The topological polar surface area (TPSA) is 3.24 Å². The zero-order valence-electron chi connectivity index (χ0n) is 33.3. The Balaban J connectivity index is 1.20. The Morgan fingerprint density at radius 3 is 1.63 bits per heavy atom. The molecule has 0 saturated carbocycles. The maximum absolute atomic E-state index is 2.56. The fourth-order valence-electron chi connectivity index (χ4n) is 10.3. The Hall–Kier alpha value is -7.00. The number of fused-ring (bicyclic) bond motifs is 6. The quantitative estimate of drug-likeness (QED) is 0.146. The fourth-order valence-corrected chi connectivity index (χ4v) is 13.4. The van der Waals surface area contributed by atoms with Crippen LogP contribution in [0.3, 0.4) is 0 Å². The molecule has 11 rings (SSSR count). The molecule has 59 heavy (non-hydrogen) atoms. The zero-order chi connectivity index (χ0) is 39.6. The molecular formula is C57H43NSi. The van der Waals surface area contributed by atoms with E-state index < -0.39 is 13.5 Å². The summed E-state index contributed by atoms with van der Waals surface area (Å²) in [5, 5.41) is 3.01. The van der Waals surface area contributed by atoms with E-state index in [0.29, 0.717) is 0 Å². The van der Waals surface area contributed by atoms with Crippen molar-refractivity contribution in [2.75, 3.05) is 4.90 Å². The van der Waals surface area contributed by atoms with E-state index in [1.165, 1.54) is 88.5 Å². The van der Waals surface area contributed by atoms with Crippen LogP contribution in [0.15, 0.2) is 224 Å². The van der Waals surface area contributed by atoms with Crippen molar-refractivity contribution in [2.24, 2.45) is 0 Å². The molecule has 1 aliphatic heterocycles. The Kier molecular flexibility index (Phi) is 8.25. The molecule has 0 N–H and O–H groups in total. The molecule has 1 nitrogen and oxygen atoms in total. The van der Waals surface area contributed by atoms with E-state index in [0.717, 1.165) is 5.69 Å². The number of anilines is 3. The highest BCUT2D eigenvalue weighted by Crippen LogP contribution is 2.60. The minimum Gasteiger partial charge on any atom is -0.309 e. The molecule has 0 spiro atoms. The largest absolute Gasteiger partial charge is 0.309 e. The number of hydrogen-bond donors (Lipinski definition) is 0. The van der Waals surface area contributed by atoms with Crippen molar-refractivity contribution in [1.82, 2.24) is 0 Å². The molecule has 0 amide bonds. The second kappa shape index (κ2) is 13.8. The second-order valence-corrected chi connectivity index (χ2v) is 20.8. The van der Waals surface area contributed by atoms with Gasteiger partial charge < -0.3 is 4.90 Å². The van der Waals surface area contributed by atoms with E-state index >= 15 is 0 Å². The standard InChI is InChI=1S/C57H43NSi/c1-59(2)54-32-17-14-26-47(54)48-38-37-45(39-55(48)59)58(52-30-16-13-25-46(52)42-21-8-4-9-22-42)53-31-18-29-51-56(53)49-27-12-15-28-50(49)57(51,43-23-10-5-11-24-43)44-35-33-41(34-36-44)40-19-6-3-7-20-40/h3-39H,1-2H3. The predicted octanol–water partition coefficient (Wildman–Crippen LogP) is 13.7. The van der Waals surface area contributed by atoms with Crippen LogP contribution in [-0.4, -0.2) is 8.07 Å². The Morgan fingerprint density at radius 1 is 0.356 bits per heavy atom. The van der Waals surface area contributed by atoms with Crippen molar-refractivity contribution in [3.05, 3.63) is 247 Å². The third kappa shape index (κ3) is 5.37. The Labute approximate surface area is 348 Å². The minimum atomic E-state index is -1.98. The van der Waals surface area contributed by atoms with Gasteiger partial charge in [0, 0.05) is 16.8 Å². The van der Waals surface area contributed by atoms with Gasteiger partial charge in [-0.15, -0.1) is 0 Å². The van der Waals surface area contributed by atoms with E-state index in [4.69, 9.17) is 0 Å². The number of rotatable bonds is 7. The van der Waals surface area contributed by atoms with Crippen LogP contribution in [0.4, 0.5) is 17.1 Å². The number of nitrogens with zero attached hydrogens (tertiary/aromatic N) is 1. The molecule has 1 unspecified atom stereocenters. The van der Waals surface area contributed by atoms with Crippen LogP contribution >= 0.6 is 0 Å². The Morgan fingerprint density at radius 2 is 0.881 bits per heavy atom. The summed E-state index contributed by atoms with van der Waals surface area (Å²) in [7, 11) is -1.98. The van der Waals surface area contributed by atoms with Crippen LogP contribution in [0.5, 0.6) is 0 Å². The van der Waals surface area contributed by atoms with Gasteiger partial charge in [-0.1, -0.05) is 213 Å². The lowest BCUT2D eigenvalue weighted by atomic mass is 9.67. The lowest BCUT2D eigenvalue weighted by Gasteiger charge is -2.35. The van der Waals surface area contributed by atoms with Crippen molar-refractivity contribution in [1.29, 1.82) is 0 Å². The first kappa shape index (κ1) is 35.2. The van der Waals surface area contributed by atoms with Crippen molar-refractivity contribution >= 4 is 35.5 Å². The molecule has 0 fully saturated rings. The van der Waals surface area contributed by atoms with Gasteiger partial charge >= 0.3 is 0 Å². The monoisotopic (exact) mass is 769 g/mol. The highest BCUT2D eigenvalue weighted by atomic mass is 28.3. The van der Waals surface area contributed by atoms with Gasteiger partial charge in [-0.2, -0.15) is 0 Å². The van der Waals surface area contributed by atoms with E-state index in [1.807, 2.05) is 0 Å². The van der Waals surface area contributed by atoms with Gasteiger partial charge in [0.15, 0.2) is 0 Å². The van der Waals surface area contributed by atoms with Crippen LogP contribution in [0.25, 0.3) is 44.5 Å². The summed E-state index contributed by atoms with van der Waals surface area (Å²) in [5.41, 5.74) is 18.2. The molecule has 0 bridgehead atoms. The van der Waals surface area contributed by atoms with Crippen molar-refractivity contribution in [3.8, 4) is 44.5 Å². The van der Waals surface area contributed by atoms with Crippen LogP contribution < -0.4 is 15.3 Å². The van der Waals surface area contributed by atoms with Crippen molar-refractivity contribution < 1.29 is 0 Å². The highest BCUT2D eigenvalue weighted by Gasteiger charge is 2.47. The minimum absolute atomic E-state index is 0.544. The first-order valence-electron chi connectivity index (χ1n) is 20.7. The Bertz CT molecular complexity index is 3010. The van der Waals surface area contributed by atoms with Gasteiger partial charge in [-0.3, -0.25) is 0 Å². The average Bonchev–Trinajstić information content (AvgIpc) is 3.74. The zero-order valence-corrected chi connectivity index (χ0v) is 34.3. The first-order valence-corrected chi connectivity index (χ1v) is 23.7. The summed E-state index contributed by atoms with van der Waals surface area (Å²) in [6.45, 7) is 5.02. The van der Waals surface area contributed by atoms with Crippen LogP contribution in [-0.2, 0) is 5.41 Å². The van der Waals surface area contributed by atoms with Gasteiger partial charge in [-0.25, -0.2) is 0 Å². The molecule has 2 heteroatoms. The number of hydrogen-bond acceptors (Lipinski definition) is 1. The lowest BCUT2D eigenvalue weighted by Crippen LogP contribution is -2.49. The normalized spacial score (nSPS) is 15.5. The third-order valence-electron chi connectivity index (χ3n) is 13.0. The summed E-state index contributed by atoms with van der Waals surface area (Å²) < 4.78 is 0. The van der Waals surface area contributed by atoms with Gasteiger partial charge in [0.2, 0.25) is 0 Å². The molecule has 1 heterocycles. The van der Waals surface area contributed by atoms with Gasteiger partial charge in [0.1, 0.15) is 8.07 Å². The molecule has 0 radical (unpaired) electrons. The summed E-state index contributed by atoms with van der Waals surface area (Å²) in [4.78, 5) is 2.56. The molecule has 1 atom stereocenters. The maximum atomic E-state index is 2.56. The lowest BCUT2D eigenvalue weighted by molar-refractivity contribution is 0.768. The average molecular weight is 770 g/mol. The molecular weight excluding hydrogens is 727 g/mol. The highest BCUT2D eigenvalue weighted by molar-refractivity contribution is 7.03. The van der Waals surface area contributed by atoms with E-state index in [1.54, 1.807) is 0 Å². The molecule has 0 saturated heterocycles. The van der Waals surface area contributed by atoms with Crippen LogP contribution in [0.1, 0.15) is 22.3 Å². The van der Waals surface area contributed by atoms with Crippen molar-refractivity contribution in [3.63, 3.8) is 0 Å². The molecule has 0 aromatic heterocycles. The summed E-state index contributed by atoms with van der Waals surface area (Å²) in [6, 6.07) is 83.5. The SMILES string of the molecule is C[Si]1(C)c2ccccc2-c2ccc(N(c3ccccc3-c3ccccc3)c3cccc4c3-c3ccccc3C4(c3ccccc3)c3ccc(-c4ccccc4)cc3)cc21. The molecule has 9 aromatic rings. The van der Waals surface area contributed by atoms with Gasteiger partial charge in [0.25, 0.3) is 0 Å². The summed E-state index contributed by atoms with van der Waals surface area (Å²) in [5.74, 6) is 0. The fraction of sp³-hybridized carbons (Fsp3) is 0.0526. The molecule has 9 aromatic carbocycles. The molecule has 280 valence electrons. The summed E-state index contributed by atoms with van der Waals surface area (Å²) >= 11 is 0. The number of para-hydroxylation sites is 1. The van der Waals surface area contributed by atoms with E-state index in [9.17, 15) is 0 Å². The van der Waals surface area contributed by atoms with Gasteiger partial charge in [-0.05, 0) is 90.3 Å². The molecule has 1 aliphatic carbocycles. The van der Waals surface area contributed by atoms with Crippen molar-refractivity contribution in [2.45, 2.75) is 18.5 Å². The number of benzene rings is 9. The van der Waals surface area contributed by atoms with E-state index in [2.05, 4.69) is 242 Å².